The quantitative estimate of drug-likeness (QED) is 0.849. The molecule has 1 aliphatic carbocycles. The molecule has 0 saturated heterocycles. The van der Waals surface area contributed by atoms with E-state index < -0.39 is 6.10 Å². The van der Waals surface area contributed by atoms with Gasteiger partial charge in [0.25, 0.3) is 0 Å². The highest BCUT2D eigenvalue weighted by atomic mass is 16.3. The van der Waals surface area contributed by atoms with Crippen LogP contribution in [0.2, 0.25) is 0 Å². The molecule has 0 bridgehead atoms. The second-order valence-electron chi connectivity index (χ2n) is 6.77. The number of benzene rings is 1. The predicted octanol–water partition coefficient (Wildman–Crippen LogP) is 3.55. The summed E-state index contributed by atoms with van der Waals surface area (Å²) in [5.74, 6) is 0. The van der Waals surface area contributed by atoms with Crippen LogP contribution in [0.15, 0.2) is 24.3 Å². The molecule has 19 heavy (non-hydrogen) atoms. The molecule has 2 nitrogen and oxygen atoms in total. The number of hydrogen-bond acceptors (Lipinski definition) is 2. The first kappa shape index (κ1) is 14.5. The Hall–Kier alpha value is -0.860. The Balaban J connectivity index is 2.07. The van der Waals surface area contributed by atoms with Crippen molar-refractivity contribution in [2.24, 2.45) is 0 Å². The molecule has 0 spiro atoms. The lowest BCUT2D eigenvalue weighted by atomic mass is 9.86. The van der Waals surface area contributed by atoms with Gasteiger partial charge in [-0.25, -0.2) is 0 Å². The zero-order chi connectivity index (χ0) is 14.0. The minimum absolute atomic E-state index is 0.167. The molecular weight excluding hydrogens is 234 g/mol. The van der Waals surface area contributed by atoms with Crippen LogP contribution in [0.25, 0.3) is 0 Å². The van der Waals surface area contributed by atoms with Crippen molar-refractivity contribution in [2.45, 2.75) is 70.6 Å². The van der Waals surface area contributed by atoms with E-state index >= 15 is 0 Å². The minimum Gasteiger partial charge on any atom is -0.387 e. The highest BCUT2D eigenvalue weighted by molar-refractivity contribution is 5.29. The van der Waals surface area contributed by atoms with Crippen molar-refractivity contribution in [1.29, 1.82) is 0 Å². The molecular formula is C17H27NO. The van der Waals surface area contributed by atoms with E-state index in [4.69, 9.17) is 0 Å². The van der Waals surface area contributed by atoms with Gasteiger partial charge >= 0.3 is 0 Å². The Morgan fingerprint density at radius 1 is 1.21 bits per heavy atom. The Labute approximate surface area is 117 Å². The third kappa shape index (κ3) is 3.80. The normalized spacial score (nSPS) is 19.2. The van der Waals surface area contributed by atoms with Gasteiger partial charge < -0.3 is 10.4 Å². The summed E-state index contributed by atoms with van der Waals surface area (Å²) in [5.41, 5.74) is 2.50. The molecule has 0 radical (unpaired) electrons. The second kappa shape index (κ2) is 5.64. The maximum absolute atomic E-state index is 10.5. The molecule has 1 aromatic carbocycles. The molecule has 2 atom stereocenters. The number of hydrogen-bond donors (Lipinski definition) is 2. The van der Waals surface area contributed by atoms with Gasteiger partial charge in [0.05, 0.1) is 6.10 Å². The number of aliphatic hydroxyl groups is 1. The van der Waals surface area contributed by atoms with Crippen LogP contribution in [0.3, 0.4) is 0 Å². The lowest BCUT2D eigenvalue weighted by Gasteiger charge is -2.25. The predicted molar refractivity (Wildman–Crippen MR) is 80.3 cm³/mol. The fourth-order valence-corrected chi connectivity index (χ4v) is 2.40. The Bertz CT molecular complexity index is 400. The van der Waals surface area contributed by atoms with E-state index in [0.29, 0.717) is 6.04 Å². The van der Waals surface area contributed by atoms with E-state index in [0.717, 1.165) is 12.0 Å². The summed E-state index contributed by atoms with van der Waals surface area (Å²) in [5, 5.41) is 14.0. The van der Waals surface area contributed by atoms with Gasteiger partial charge in [0, 0.05) is 12.1 Å². The highest BCUT2D eigenvalue weighted by Gasteiger charge is 2.28. The van der Waals surface area contributed by atoms with E-state index in [-0.39, 0.29) is 11.5 Å². The van der Waals surface area contributed by atoms with Gasteiger partial charge in [-0.3, -0.25) is 0 Å². The average molecular weight is 261 g/mol. The summed E-state index contributed by atoms with van der Waals surface area (Å²) in [6.07, 6.45) is 3.07. The van der Waals surface area contributed by atoms with Crippen molar-refractivity contribution in [1.82, 2.24) is 5.32 Å². The largest absolute Gasteiger partial charge is 0.387 e. The van der Waals surface area contributed by atoms with Crippen LogP contribution in [-0.2, 0) is 5.41 Å². The van der Waals surface area contributed by atoms with Gasteiger partial charge in [0.1, 0.15) is 0 Å². The van der Waals surface area contributed by atoms with Crippen LogP contribution >= 0.6 is 0 Å². The first-order valence-electron chi connectivity index (χ1n) is 7.46. The average Bonchev–Trinajstić information content (AvgIpc) is 3.18. The van der Waals surface area contributed by atoms with E-state index in [1.54, 1.807) is 0 Å². The van der Waals surface area contributed by atoms with Crippen LogP contribution in [0.4, 0.5) is 0 Å². The fraction of sp³-hybridized carbons (Fsp3) is 0.647. The smallest absolute Gasteiger partial charge is 0.0942 e. The summed E-state index contributed by atoms with van der Waals surface area (Å²) < 4.78 is 0. The van der Waals surface area contributed by atoms with E-state index in [2.05, 4.69) is 57.3 Å². The van der Waals surface area contributed by atoms with Gasteiger partial charge in [-0.2, -0.15) is 0 Å². The van der Waals surface area contributed by atoms with Crippen molar-refractivity contribution >= 4 is 0 Å². The molecule has 1 fully saturated rings. The van der Waals surface area contributed by atoms with E-state index in [9.17, 15) is 5.11 Å². The number of nitrogens with one attached hydrogen (secondary N) is 1. The summed E-state index contributed by atoms with van der Waals surface area (Å²) in [4.78, 5) is 0. The third-order valence-electron chi connectivity index (χ3n) is 3.97. The van der Waals surface area contributed by atoms with Crippen LogP contribution in [0.5, 0.6) is 0 Å². The van der Waals surface area contributed by atoms with Crippen molar-refractivity contribution in [2.75, 3.05) is 0 Å². The second-order valence-corrected chi connectivity index (χ2v) is 6.77. The molecule has 2 N–H and O–H groups in total. The van der Waals surface area contributed by atoms with Gasteiger partial charge in [-0.05, 0) is 35.8 Å². The summed E-state index contributed by atoms with van der Waals surface area (Å²) in [6.45, 7) is 8.76. The fourth-order valence-electron chi connectivity index (χ4n) is 2.40. The molecule has 1 aromatic rings. The van der Waals surface area contributed by atoms with Crippen molar-refractivity contribution in [3.05, 3.63) is 35.4 Å². The molecule has 106 valence electrons. The van der Waals surface area contributed by atoms with Crippen LogP contribution in [0.1, 0.15) is 64.2 Å². The maximum atomic E-state index is 10.5. The molecule has 2 rings (SSSR count). The summed E-state index contributed by atoms with van der Waals surface area (Å²) in [7, 11) is 0. The van der Waals surface area contributed by atoms with Crippen molar-refractivity contribution in [3.63, 3.8) is 0 Å². The van der Waals surface area contributed by atoms with Gasteiger partial charge in [0.2, 0.25) is 0 Å². The zero-order valence-electron chi connectivity index (χ0n) is 12.6. The lowest BCUT2D eigenvalue weighted by molar-refractivity contribution is 0.125. The first-order chi connectivity index (χ1) is 8.91. The highest BCUT2D eigenvalue weighted by Crippen LogP contribution is 2.27. The lowest BCUT2D eigenvalue weighted by Crippen LogP contribution is -2.35. The minimum atomic E-state index is -0.403. The third-order valence-corrected chi connectivity index (χ3v) is 3.97. The molecule has 2 heteroatoms. The Morgan fingerprint density at radius 3 is 2.21 bits per heavy atom. The molecule has 0 amide bonds. The maximum Gasteiger partial charge on any atom is 0.0942 e. The van der Waals surface area contributed by atoms with Crippen LogP contribution in [-0.4, -0.2) is 17.2 Å². The van der Waals surface area contributed by atoms with Gasteiger partial charge in [-0.1, -0.05) is 52.0 Å². The standard InChI is InChI=1S/C17H27NO/c1-5-15(18-14-10-11-14)16(19)12-6-8-13(9-7-12)17(2,3)4/h6-9,14-16,18-19H,5,10-11H2,1-4H3. The van der Waals surface area contributed by atoms with Crippen molar-refractivity contribution in [3.8, 4) is 0 Å². The molecule has 0 aromatic heterocycles. The molecule has 0 aliphatic heterocycles. The Kier molecular flexibility index (Phi) is 4.32. The summed E-state index contributed by atoms with van der Waals surface area (Å²) >= 11 is 0. The first-order valence-corrected chi connectivity index (χ1v) is 7.46. The topological polar surface area (TPSA) is 32.3 Å². The Morgan fingerprint density at radius 2 is 1.79 bits per heavy atom. The van der Waals surface area contributed by atoms with Crippen molar-refractivity contribution < 1.29 is 5.11 Å². The SMILES string of the molecule is CCC(NC1CC1)C(O)c1ccc(C(C)(C)C)cc1. The number of rotatable bonds is 5. The zero-order valence-corrected chi connectivity index (χ0v) is 12.6. The molecule has 1 saturated carbocycles. The van der Waals surface area contributed by atoms with E-state index in [1.165, 1.54) is 18.4 Å². The van der Waals surface area contributed by atoms with Crippen LogP contribution < -0.4 is 5.32 Å². The molecule has 2 unspecified atom stereocenters. The van der Waals surface area contributed by atoms with E-state index in [1.807, 2.05) is 0 Å². The number of aliphatic hydroxyl groups excluding tert-OH is 1. The molecule has 1 aliphatic rings. The summed E-state index contributed by atoms with van der Waals surface area (Å²) in [6, 6.07) is 9.23. The van der Waals surface area contributed by atoms with Crippen LogP contribution in [0, 0.1) is 0 Å². The van der Waals surface area contributed by atoms with Gasteiger partial charge in [-0.15, -0.1) is 0 Å². The monoisotopic (exact) mass is 261 g/mol. The van der Waals surface area contributed by atoms with Gasteiger partial charge in [0.15, 0.2) is 0 Å². The molecule has 0 heterocycles.